The summed E-state index contributed by atoms with van der Waals surface area (Å²) in [7, 11) is 0. The average molecular weight is 282 g/mol. The average Bonchev–Trinajstić information content (AvgIpc) is 3.08. The molecule has 110 valence electrons. The second kappa shape index (κ2) is 6.57. The highest BCUT2D eigenvalue weighted by Gasteiger charge is 2.17. The van der Waals surface area contributed by atoms with E-state index in [2.05, 4.69) is 34.3 Å². The van der Waals surface area contributed by atoms with Crippen molar-refractivity contribution in [2.24, 2.45) is 0 Å². The maximum Gasteiger partial charge on any atom is 0.227 e. The van der Waals surface area contributed by atoms with Crippen LogP contribution in [-0.2, 0) is 0 Å². The van der Waals surface area contributed by atoms with Gasteiger partial charge in [-0.1, -0.05) is 37.3 Å². The molecule has 0 spiro atoms. The zero-order chi connectivity index (χ0) is 14.5. The second-order valence-electron chi connectivity index (χ2n) is 5.43. The third-order valence-corrected chi connectivity index (χ3v) is 3.73. The fourth-order valence-electron chi connectivity index (χ4n) is 2.59. The molecule has 3 rings (SSSR count). The summed E-state index contributed by atoms with van der Waals surface area (Å²) in [5, 5.41) is 3.39. The maximum atomic E-state index is 4.77. The maximum absolute atomic E-state index is 4.77. The molecule has 1 fully saturated rings. The first kappa shape index (κ1) is 13.9. The van der Waals surface area contributed by atoms with E-state index in [4.69, 9.17) is 4.98 Å². The lowest BCUT2D eigenvalue weighted by atomic mass is 10.1. The third kappa shape index (κ3) is 3.32. The largest absolute Gasteiger partial charge is 0.370 e. The van der Waals surface area contributed by atoms with Crippen LogP contribution in [0.25, 0.3) is 11.3 Å². The van der Waals surface area contributed by atoms with Gasteiger partial charge < -0.3 is 10.2 Å². The molecule has 1 aliphatic heterocycles. The molecule has 1 N–H and O–H groups in total. The number of aromatic nitrogens is 2. The Kier molecular flexibility index (Phi) is 4.34. The molecule has 0 atom stereocenters. The zero-order valence-electron chi connectivity index (χ0n) is 12.5. The van der Waals surface area contributed by atoms with Crippen LogP contribution in [0.4, 0.5) is 11.8 Å². The van der Waals surface area contributed by atoms with Crippen LogP contribution in [-0.4, -0.2) is 29.6 Å². The molecule has 1 aromatic carbocycles. The molecule has 0 unspecified atom stereocenters. The first-order valence-electron chi connectivity index (χ1n) is 7.80. The normalized spacial score (nSPS) is 14.4. The molecule has 2 heterocycles. The summed E-state index contributed by atoms with van der Waals surface area (Å²) in [6.07, 6.45) is 3.55. The highest BCUT2D eigenvalue weighted by atomic mass is 15.3. The van der Waals surface area contributed by atoms with Crippen LogP contribution < -0.4 is 10.2 Å². The number of anilines is 2. The molecule has 0 radical (unpaired) electrons. The van der Waals surface area contributed by atoms with Crippen LogP contribution in [0, 0.1) is 0 Å². The van der Waals surface area contributed by atoms with Crippen molar-refractivity contribution in [3.8, 4) is 11.3 Å². The van der Waals surface area contributed by atoms with E-state index in [1.807, 2.05) is 24.3 Å². The van der Waals surface area contributed by atoms with Gasteiger partial charge in [0.15, 0.2) is 0 Å². The van der Waals surface area contributed by atoms with Crippen LogP contribution in [0.2, 0.25) is 0 Å². The van der Waals surface area contributed by atoms with Gasteiger partial charge in [0.1, 0.15) is 5.82 Å². The fourth-order valence-corrected chi connectivity index (χ4v) is 2.59. The zero-order valence-corrected chi connectivity index (χ0v) is 12.5. The second-order valence-corrected chi connectivity index (χ2v) is 5.43. The summed E-state index contributed by atoms with van der Waals surface area (Å²) in [5.74, 6) is 1.78. The highest BCUT2D eigenvalue weighted by molar-refractivity contribution is 5.64. The van der Waals surface area contributed by atoms with Crippen molar-refractivity contribution in [3.63, 3.8) is 0 Å². The minimum Gasteiger partial charge on any atom is -0.370 e. The molecule has 0 aliphatic carbocycles. The molecule has 1 saturated heterocycles. The predicted molar refractivity (Wildman–Crippen MR) is 87.7 cm³/mol. The van der Waals surface area contributed by atoms with Crippen molar-refractivity contribution in [3.05, 3.63) is 36.4 Å². The van der Waals surface area contributed by atoms with Gasteiger partial charge in [-0.05, 0) is 19.3 Å². The van der Waals surface area contributed by atoms with Crippen LogP contribution in [0.1, 0.15) is 26.2 Å². The lowest BCUT2D eigenvalue weighted by Crippen LogP contribution is -2.21. The standard InChI is InChI=1S/C17H22N4/c1-2-10-18-16-13-15(14-8-4-3-5-9-14)19-17(20-16)21-11-6-7-12-21/h3-5,8-9,13H,2,6-7,10-12H2,1H3,(H,18,19,20). The summed E-state index contributed by atoms with van der Waals surface area (Å²) >= 11 is 0. The van der Waals surface area contributed by atoms with Gasteiger partial charge in [0.05, 0.1) is 5.69 Å². The summed E-state index contributed by atoms with van der Waals surface area (Å²) in [5.41, 5.74) is 2.13. The molecule has 4 nitrogen and oxygen atoms in total. The first-order valence-corrected chi connectivity index (χ1v) is 7.80. The third-order valence-electron chi connectivity index (χ3n) is 3.73. The Bertz CT molecular complexity index is 577. The first-order chi connectivity index (χ1) is 10.4. The minimum atomic E-state index is 0.854. The molecule has 21 heavy (non-hydrogen) atoms. The lowest BCUT2D eigenvalue weighted by Gasteiger charge is -2.17. The van der Waals surface area contributed by atoms with Crippen molar-refractivity contribution in [1.82, 2.24) is 9.97 Å². The Morgan fingerprint density at radius 2 is 1.86 bits per heavy atom. The fraction of sp³-hybridized carbons (Fsp3) is 0.412. The topological polar surface area (TPSA) is 41.1 Å². The smallest absolute Gasteiger partial charge is 0.227 e. The van der Waals surface area contributed by atoms with E-state index < -0.39 is 0 Å². The summed E-state index contributed by atoms with van der Waals surface area (Å²) in [6, 6.07) is 12.4. The molecule has 4 heteroatoms. The number of benzene rings is 1. The highest BCUT2D eigenvalue weighted by Crippen LogP contribution is 2.24. The van der Waals surface area contributed by atoms with Crippen molar-refractivity contribution >= 4 is 11.8 Å². The van der Waals surface area contributed by atoms with Gasteiger partial charge in [0.2, 0.25) is 5.95 Å². The quantitative estimate of drug-likeness (QED) is 0.910. The Morgan fingerprint density at radius 3 is 2.57 bits per heavy atom. The van der Waals surface area contributed by atoms with E-state index in [0.29, 0.717) is 0 Å². The Hall–Kier alpha value is -2.10. The number of nitrogens with zero attached hydrogens (tertiary/aromatic N) is 3. The predicted octanol–water partition coefficient (Wildman–Crippen LogP) is 3.57. The van der Waals surface area contributed by atoms with Crippen LogP contribution in [0.5, 0.6) is 0 Å². The molecule has 0 bridgehead atoms. The van der Waals surface area contributed by atoms with E-state index in [-0.39, 0.29) is 0 Å². The number of hydrogen-bond donors (Lipinski definition) is 1. The van der Waals surface area contributed by atoms with Crippen molar-refractivity contribution in [2.45, 2.75) is 26.2 Å². The number of nitrogens with one attached hydrogen (secondary N) is 1. The van der Waals surface area contributed by atoms with Gasteiger partial charge in [0.25, 0.3) is 0 Å². The van der Waals surface area contributed by atoms with Gasteiger partial charge in [-0.2, -0.15) is 4.98 Å². The van der Waals surface area contributed by atoms with E-state index in [1.54, 1.807) is 0 Å². The molecular weight excluding hydrogens is 260 g/mol. The summed E-state index contributed by atoms with van der Waals surface area (Å²) in [4.78, 5) is 11.7. The van der Waals surface area contributed by atoms with Gasteiger partial charge in [-0.3, -0.25) is 0 Å². The Labute approximate surface area is 126 Å². The monoisotopic (exact) mass is 282 g/mol. The van der Waals surface area contributed by atoms with E-state index in [0.717, 1.165) is 49.1 Å². The van der Waals surface area contributed by atoms with Crippen LogP contribution in [0.3, 0.4) is 0 Å². The number of hydrogen-bond acceptors (Lipinski definition) is 4. The molecular formula is C17H22N4. The minimum absolute atomic E-state index is 0.854. The number of rotatable bonds is 5. The lowest BCUT2D eigenvalue weighted by molar-refractivity contribution is 0.894. The van der Waals surface area contributed by atoms with Gasteiger partial charge in [-0.25, -0.2) is 4.98 Å². The van der Waals surface area contributed by atoms with E-state index >= 15 is 0 Å². The Balaban J connectivity index is 1.96. The SMILES string of the molecule is CCCNc1cc(-c2ccccc2)nc(N2CCCC2)n1. The molecule has 1 aliphatic rings. The van der Waals surface area contributed by atoms with Gasteiger partial charge >= 0.3 is 0 Å². The molecule has 1 aromatic heterocycles. The van der Waals surface area contributed by atoms with Crippen molar-refractivity contribution < 1.29 is 0 Å². The van der Waals surface area contributed by atoms with Crippen molar-refractivity contribution in [1.29, 1.82) is 0 Å². The van der Waals surface area contributed by atoms with E-state index in [1.165, 1.54) is 12.8 Å². The summed E-state index contributed by atoms with van der Waals surface area (Å²) in [6.45, 7) is 5.22. The molecule has 0 amide bonds. The molecule has 2 aromatic rings. The van der Waals surface area contributed by atoms with Gasteiger partial charge in [-0.15, -0.1) is 0 Å². The van der Waals surface area contributed by atoms with Crippen LogP contribution >= 0.6 is 0 Å². The van der Waals surface area contributed by atoms with Crippen molar-refractivity contribution in [2.75, 3.05) is 29.9 Å². The van der Waals surface area contributed by atoms with Crippen LogP contribution in [0.15, 0.2) is 36.4 Å². The van der Waals surface area contributed by atoms with Gasteiger partial charge in [0, 0.05) is 31.3 Å². The Morgan fingerprint density at radius 1 is 1.10 bits per heavy atom. The van der Waals surface area contributed by atoms with E-state index in [9.17, 15) is 0 Å². The summed E-state index contributed by atoms with van der Waals surface area (Å²) < 4.78 is 0. The molecule has 0 saturated carbocycles.